The van der Waals surface area contributed by atoms with Crippen LogP contribution in [0.4, 0.5) is 10.1 Å². The molecule has 1 heterocycles. The second-order valence-corrected chi connectivity index (χ2v) is 4.94. The highest BCUT2D eigenvalue weighted by Crippen LogP contribution is 2.36. The average Bonchev–Trinajstić information content (AvgIpc) is 2.71. The SMILES string of the molecule is Nc1ccc(-c2nc3cc(F)ccc3s2)c(O)c1. The molecule has 0 saturated heterocycles. The summed E-state index contributed by atoms with van der Waals surface area (Å²) >= 11 is 1.40. The van der Waals surface area contributed by atoms with Crippen LogP contribution in [-0.4, -0.2) is 10.1 Å². The number of nitrogen functional groups attached to an aromatic ring is 1. The Kier molecular flexibility index (Phi) is 2.41. The van der Waals surface area contributed by atoms with Gasteiger partial charge in [-0.25, -0.2) is 9.37 Å². The molecule has 3 rings (SSSR count). The molecule has 0 saturated carbocycles. The molecule has 0 unspecified atom stereocenters. The van der Waals surface area contributed by atoms with Crippen molar-refractivity contribution in [2.75, 3.05) is 5.73 Å². The summed E-state index contributed by atoms with van der Waals surface area (Å²) in [7, 11) is 0. The van der Waals surface area contributed by atoms with Crippen molar-refractivity contribution in [1.29, 1.82) is 0 Å². The van der Waals surface area contributed by atoms with Gasteiger partial charge >= 0.3 is 0 Å². The van der Waals surface area contributed by atoms with E-state index in [1.54, 1.807) is 18.2 Å². The van der Waals surface area contributed by atoms with Crippen LogP contribution < -0.4 is 5.73 Å². The Morgan fingerprint density at radius 2 is 2.00 bits per heavy atom. The molecule has 0 aliphatic rings. The molecule has 0 amide bonds. The van der Waals surface area contributed by atoms with Crippen molar-refractivity contribution in [1.82, 2.24) is 4.98 Å². The number of halogens is 1. The van der Waals surface area contributed by atoms with E-state index in [4.69, 9.17) is 5.73 Å². The Labute approximate surface area is 106 Å². The Morgan fingerprint density at radius 3 is 2.78 bits per heavy atom. The van der Waals surface area contributed by atoms with Crippen LogP contribution in [0.25, 0.3) is 20.8 Å². The van der Waals surface area contributed by atoms with E-state index >= 15 is 0 Å². The van der Waals surface area contributed by atoms with Gasteiger partial charge in [0, 0.05) is 17.8 Å². The minimum atomic E-state index is -0.319. The molecule has 3 aromatic rings. The van der Waals surface area contributed by atoms with E-state index in [0.29, 0.717) is 21.8 Å². The van der Waals surface area contributed by atoms with E-state index in [0.717, 1.165) is 4.70 Å². The smallest absolute Gasteiger partial charge is 0.128 e. The Hall–Kier alpha value is -2.14. The number of hydrogen-bond acceptors (Lipinski definition) is 4. The summed E-state index contributed by atoms with van der Waals surface area (Å²) in [5.74, 6) is -0.240. The molecule has 0 atom stereocenters. The summed E-state index contributed by atoms with van der Waals surface area (Å²) in [6.07, 6.45) is 0. The van der Waals surface area contributed by atoms with E-state index in [9.17, 15) is 9.50 Å². The van der Waals surface area contributed by atoms with E-state index < -0.39 is 0 Å². The molecule has 3 N–H and O–H groups in total. The van der Waals surface area contributed by atoms with Gasteiger partial charge in [0.05, 0.1) is 15.8 Å². The highest BCUT2D eigenvalue weighted by Gasteiger charge is 2.10. The van der Waals surface area contributed by atoms with Crippen molar-refractivity contribution in [3.05, 3.63) is 42.2 Å². The number of thiazole rings is 1. The first-order valence-corrected chi connectivity index (χ1v) is 6.10. The molecule has 0 radical (unpaired) electrons. The van der Waals surface area contributed by atoms with Crippen LogP contribution in [0.2, 0.25) is 0 Å². The molecule has 0 aliphatic heterocycles. The van der Waals surface area contributed by atoms with Crippen molar-refractivity contribution in [2.24, 2.45) is 0 Å². The lowest BCUT2D eigenvalue weighted by Crippen LogP contribution is -1.85. The van der Waals surface area contributed by atoms with Crippen LogP contribution in [-0.2, 0) is 0 Å². The van der Waals surface area contributed by atoms with Gasteiger partial charge in [-0.3, -0.25) is 0 Å². The fourth-order valence-electron chi connectivity index (χ4n) is 1.75. The minimum Gasteiger partial charge on any atom is -0.507 e. The average molecular weight is 260 g/mol. The largest absolute Gasteiger partial charge is 0.507 e. The molecule has 3 nitrogen and oxygen atoms in total. The number of phenolic OH excluding ortho intramolecular Hbond substituents is 1. The van der Waals surface area contributed by atoms with Gasteiger partial charge in [0.1, 0.15) is 16.6 Å². The lowest BCUT2D eigenvalue weighted by molar-refractivity contribution is 0.477. The number of benzene rings is 2. The molecule has 1 aromatic heterocycles. The Balaban J connectivity index is 2.19. The zero-order valence-corrected chi connectivity index (χ0v) is 10.0. The standard InChI is InChI=1S/C13H9FN2OS/c14-7-1-4-12-10(5-7)16-13(18-12)9-3-2-8(15)6-11(9)17/h1-6,17H,15H2. The van der Waals surface area contributed by atoms with Gasteiger partial charge in [-0.2, -0.15) is 0 Å². The van der Waals surface area contributed by atoms with Gasteiger partial charge in [-0.15, -0.1) is 11.3 Å². The summed E-state index contributed by atoms with van der Waals surface area (Å²) in [5.41, 5.74) is 7.25. The van der Waals surface area contributed by atoms with Crippen LogP contribution in [0.1, 0.15) is 0 Å². The minimum absolute atomic E-state index is 0.0783. The number of aromatic hydroxyl groups is 1. The maximum absolute atomic E-state index is 13.1. The van der Waals surface area contributed by atoms with Gasteiger partial charge in [0.2, 0.25) is 0 Å². The predicted octanol–water partition coefficient (Wildman–Crippen LogP) is 3.39. The number of fused-ring (bicyclic) bond motifs is 1. The van der Waals surface area contributed by atoms with Gasteiger partial charge in [-0.05, 0) is 24.3 Å². The monoisotopic (exact) mass is 260 g/mol. The normalized spacial score (nSPS) is 10.9. The van der Waals surface area contributed by atoms with Crippen LogP contribution in [0.5, 0.6) is 5.75 Å². The summed E-state index contributed by atoms with van der Waals surface area (Å²) in [5, 5.41) is 10.5. The van der Waals surface area contributed by atoms with Crippen molar-refractivity contribution < 1.29 is 9.50 Å². The fourth-order valence-corrected chi connectivity index (χ4v) is 2.73. The number of nitrogens with two attached hydrogens (primary N) is 1. The van der Waals surface area contributed by atoms with Crippen LogP contribution in [0.15, 0.2) is 36.4 Å². The van der Waals surface area contributed by atoms with Gasteiger partial charge < -0.3 is 10.8 Å². The molecular weight excluding hydrogens is 251 g/mol. The predicted molar refractivity (Wildman–Crippen MR) is 71.1 cm³/mol. The summed E-state index contributed by atoms with van der Waals surface area (Å²) in [4.78, 5) is 4.31. The zero-order chi connectivity index (χ0) is 12.7. The number of rotatable bonds is 1. The van der Waals surface area contributed by atoms with E-state index in [1.807, 2.05) is 0 Å². The number of hydrogen-bond donors (Lipinski definition) is 2. The number of anilines is 1. The second kappa shape index (κ2) is 3.96. The molecule has 0 aliphatic carbocycles. The first-order chi connectivity index (χ1) is 8.63. The van der Waals surface area contributed by atoms with Crippen LogP contribution in [0.3, 0.4) is 0 Å². The first kappa shape index (κ1) is 11.0. The van der Waals surface area contributed by atoms with E-state index in [2.05, 4.69) is 4.98 Å². The van der Waals surface area contributed by atoms with Gasteiger partial charge in [0.15, 0.2) is 0 Å². The van der Waals surface area contributed by atoms with Crippen molar-refractivity contribution >= 4 is 27.2 Å². The van der Waals surface area contributed by atoms with Crippen LogP contribution in [0, 0.1) is 5.82 Å². The van der Waals surface area contributed by atoms with Crippen LogP contribution >= 0.6 is 11.3 Å². The molecule has 2 aromatic carbocycles. The van der Waals surface area contributed by atoms with Gasteiger partial charge in [-0.1, -0.05) is 0 Å². The molecule has 0 fully saturated rings. The molecule has 90 valence electrons. The maximum Gasteiger partial charge on any atom is 0.128 e. The summed E-state index contributed by atoms with van der Waals surface area (Å²) < 4.78 is 14.0. The van der Waals surface area contributed by atoms with E-state index in [1.165, 1.54) is 29.5 Å². The van der Waals surface area contributed by atoms with Crippen molar-refractivity contribution in [3.8, 4) is 16.3 Å². The third-order valence-corrected chi connectivity index (χ3v) is 3.67. The Morgan fingerprint density at radius 1 is 1.17 bits per heavy atom. The summed E-state index contributed by atoms with van der Waals surface area (Å²) in [6.45, 7) is 0. The lowest BCUT2D eigenvalue weighted by Gasteiger charge is -2.01. The lowest BCUT2D eigenvalue weighted by atomic mass is 10.2. The first-order valence-electron chi connectivity index (χ1n) is 5.28. The third-order valence-electron chi connectivity index (χ3n) is 2.60. The van der Waals surface area contributed by atoms with Crippen molar-refractivity contribution in [3.63, 3.8) is 0 Å². The molecule has 0 spiro atoms. The topological polar surface area (TPSA) is 59.1 Å². The Bertz CT molecular complexity index is 739. The summed E-state index contributed by atoms with van der Waals surface area (Å²) in [6, 6.07) is 9.33. The third kappa shape index (κ3) is 1.78. The zero-order valence-electron chi connectivity index (χ0n) is 9.22. The number of phenols is 1. The second-order valence-electron chi connectivity index (χ2n) is 3.91. The molecular formula is C13H9FN2OS. The van der Waals surface area contributed by atoms with Gasteiger partial charge in [0.25, 0.3) is 0 Å². The number of nitrogens with zero attached hydrogens (tertiary/aromatic N) is 1. The molecule has 5 heteroatoms. The molecule has 0 bridgehead atoms. The maximum atomic E-state index is 13.1. The molecule has 18 heavy (non-hydrogen) atoms. The van der Waals surface area contributed by atoms with E-state index in [-0.39, 0.29) is 11.6 Å². The highest BCUT2D eigenvalue weighted by molar-refractivity contribution is 7.21. The number of aromatic nitrogens is 1. The fraction of sp³-hybridized carbons (Fsp3) is 0. The highest BCUT2D eigenvalue weighted by atomic mass is 32.1. The quantitative estimate of drug-likeness (QED) is 0.659. The van der Waals surface area contributed by atoms with Crippen molar-refractivity contribution in [2.45, 2.75) is 0 Å².